The maximum Gasteiger partial charge on any atom is 0.419 e. The lowest BCUT2D eigenvalue weighted by Crippen LogP contribution is -2.20. The Balaban J connectivity index is 2.23. The predicted molar refractivity (Wildman–Crippen MR) is 91.9 cm³/mol. The molecule has 0 bridgehead atoms. The first-order chi connectivity index (χ1) is 11.0. The Morgan fingerprint density at radius 1 is 1.30 bits per heavy atom. The molecule has 124 valence electrons. The van der Waals surface area contributed by atoms with E-state index < -0.39 is 0 Å². The predicted octanol–water partition coefficient (Wildman–Crippen LogP) is 4.68. The number of nitrogens with zero attached hydrogens (tertiary/aromatic N) is 2. The number of imidazole rings is 1. The van der Waals surface area contributed by atoms with E-state index in [1.165, 1.54) is 21.3 Å². The van der Waals surface area contributed by atoms with E-state index in [0.717, 1.165) is 6.42 Å². The number of benzene rings is 1. The van der Waals surface area contributed by atoms with E-state index in [1.807, 2.05) is 6.07 Å². The van der Waals surface area contributed by atoms with Gasteiger partial charge in [-0.25, -0.2) is 14.3 Å². The summed E-state index contributed by atoms with van der Waals surface area (Å²) in [6, 6.07) is 6.23. The summed E-state index contributed by atoms with van der Waals surface area (Å²) in [6.07, 6.45) is 3.97. The van der Waals surface area contributed by atoms with Gasteiger partial charge in [-0.1, -0.05) is 45.4 Å². The number of aryl methyl sites for hydroxylation is 1. The van der Waals surface area contributed by atoms with Crippen LogP contribution >= 0.6 is 0 Å². The van der Waals surface area contributed by atoms with Gasteiger partial charge in [0.05, 0.1) is 6.61 Å². The second-order valence-electron chi connectivity index (χ2n) is 6.26. The highest BCUT2D eigenvalue weighted by atomic mass is 16.5. The molecule has 0 saturated heterocycles. The Labute approximate surface area is 138 Å². The van der Waals surface area contributed by atoms with E-state index in [2.05, 4.69) is 51.7 Å². The van der Waals surface area contributed by atoms with E-state index in [1.54, 1.807) is 12.4 Å². The van der Waals surface area contributed by atoms with Crippen LogP contribution in [0.1, 0.15) is 55.6 Å². The van der Waals surface area contributed by atoms with Crippen LogP contribution in [0.3, 0.4) is 0 Å². The highest BCUT2D eigenvalue weighted by Crippen LogP contribution is 2.27. The van der Waals surface area contributed by atoms with Gasteiger partial charge in [0.15, 0.2) is 0 Å². The highest BCUT2D eigenvalue weighted by molar-refractivity contribution is 5.71. The van der Waals surface area contributed by atoms with E-state index in [9.17, 15) is 4.79 Å². The molecule has 0 spiro atoms. The third-order valence-corrected chi connectivity index (χ3v) is 4.55. The minimum atomic E-state index is -0.352. The molecule has 0 N–H and O–H groups in total. The van der Waals surface area contributed by atoms with Crippen molar-refractivity contribution >= 4 is 6.09 Å². The summed E-state index contributed by atoms with van der Waals surface area (Å²) in [6.45, 7) is 10.9. The fourth-order valence-corrected chi connectivity index (χ4v) is 2.57. The van der Waals surface area contributed by atoms with Crippen LogP contribution in [-0.2, 0) is 4.74 Å². The summed E-state index contributed by atoms with van der Waals surface area (Å²) >= 11 is 0. The molecule has 4 heteroatoms. The van der Waals surface area contributed by atoms with Crippen LogP contribution in [0.25, 0.3) is 0 Å². The lowest BCUT2D eigenvalue weighted by Gasteiger charge is -2.17. The first kappa shape index (κ1) is 17.3. The van der Waals surface area contributed by atoms with E-state index in [4.69, 9.17) is 4.74 Å². The standard InChI is InChI=1S/C19H26N2O2/c1-6-13(2)12-23-19(22)21-11-10-20-18(21)16(5)17-9-7-8-14(3)15(17)4/h7-11,13,16H,6,12H2,1-5H3/t13?,16-/m0/s1. The molecule has 2 aromatic rings. The average Bonchev–Trinajstić information content (AvgIpc) is 3.03. The highest BCUT2D eigenvalue weighted by Gasteiger charge is 2.20. The number of hydrogen-bond donors (Lipinski definition) is 0. The molecule has 4 nitrogen and oxygen atoms in total. The van der Waals surface area contributed by atoms with Crippen LogP contribution in [-0.4, -0.2) is 22.3 Å². The molecule has 23 heavy (non-hydrogen) atoms. The van der Waals surface area contributed by atoms with Gasteiger partial charge in [-0.15, -0.1) is 0 Å². The van der Waals surface area contributed by atoms with Gasteiger partial charge in [-0.2, -0.15) is 0 Å². The van der Waals surface area contributed by atoms with Gasteiger partial charge in [0.1, 0.15) is 5.82 Å². The van der Waals surface area contributed by atoms with Crippen molar-refractivity contribution in [3.63, 3.8) is 0 Å². The molecule has 0 radical (unpaired) electrons. The topological polar surface area (TPSA) is 44.1 Å². The zero-order valence-corrected chi connectivity index (χ0v) is 14.7. The van der Waals surface area contributed by atoms with Crippen molar-refractivity contribution in [1.29, 1.82) is 0 Å². The van der Waals surface area contributed by atoms with Gasteiger partial charge in [0.25, 0.3) is 0 Å². The van der Waals surface area contributed by atoms with E-state index in [0.29, 0.717) is 18.3 Å². The molecule has 1 heterocycles. The molecule has 1 unspecified atom stereocenters. The third kappa shape index (κ3) is 3.81. The molecular formula is C19H26N2O2. The first-order valence-electron chi connectivity index (χ1n) is 8.22. The largest absolute Gasteiger partial charge is 0.449 e. The molecule has 2 rings (SSSR count). The van der Waals surface area contributed by atoms with Crippen LogP contribution < -0.4 is 0 Å². The lowest BCUT2D eigenvalue weighted by molar-refractivity contribution is 0.129. The Hall–Kier alpha value is -2.10. The molecule has 0 saturated carbocycles. The monoisotopic (exact) mass is 314 g/mol. The maximum atomic E-state index is 12.3. The molecular weight excluding hydrogens is 288 g/mol. The molecule has 0 aliphatic rings. The first-order valence-corrected chi connectivity index (χ1v) is 8.22. The van der Waals surface area contributed by atoms with Crippen molar-refractivity contribution in [2.45, 2.75) is 47.0 Å². The van der Waals surface area contributed by atoms with Crippen LogP contribution in [0.5, 0.6) is 0 Å². The van der Waals surface area contributed by atoms with Gasteiger partial charge in [0, 0.05) is 18.3 Å². The molecule has 0 fully saturated rings. The number of carbonyl (C=O) groups is 1. The fraction of sp³-hybridized carbons (Fsp3) is 0.474. The minimum absolute atomic E-state index is 0.0287. The number of carbonyl (C=O) groups excluding carboxylic acids is 1. The van der Waals surface area contributed by atoms with Crippen molar-refractivity contribution in [3.8, 4) is 0 Å². The summed E-state index contributed by atoms with van der Waals surface area (Å²) in [4.78, 5) is 16.7. The molecule has 1 aromatic carbocycles. The van der Waals surface area contributed by atoms with Crippen molar-refractivity contribution in [2.24, 2.45) is 5.92 Å². The number of aromatic nitrogens is 2. The maximum absolute atomic E-state index is 12.3. The second-order valence-corrected chi connectivity index (χ2v) is 6.26. The Bertz CT molecular complexity index is 676. The Morgan fingerprint density at radius 2 is 2.04 bits per heavy atom. The Kier molecular flexibility index (Phi) is 5.59. The third-order valence-electron chi connectivity index (χ3n) is 4.55. The average molecular weight is 314 g/mol. The van der Waals surface area contributed by atoms with Crippen LogP contribution in [0.2, 0.25) is 0 Å². The molecule has 0 aliphatic carbocycles. The van der Waals surface area contributed by atoms with Crippen molar-refractivity contribution in [2.75, 3.05) is 6.61 Å². The van der Waals surface area contributed by atoms with Crippen LogP contribution in [0.4, 0.5) is 4.79 Å². The molecule has 0 amide bonds. The SMILES string of the molecule is CCC(C)COC(=O)n1ccnc1[C@@H](C)c1cccc(C)c1C. The quantitative estimate of drug-likeness (QED) is 0.804. The van der Waals surface area contributed by atoms with Crippen LogP contribution in [0.15, 0.2) is 30.6 Å². The smallest absolute Gasteiger partial charge is 0.419 e. The number of rotatable bonds is 5. The molecule has 1 aromatic heterocycles. The van der Waals surface area contributed by atoms with Gasteiger partial charge in [0.2, 0.25) is 0 Å². The lowest BCUT2D eigenvalue weighted by atomic mass is 9.93. The normalized spacial score (nSPS) is 13.6. The van der Waals surface area contributed by atoms with Crippen LogP contribution in [0, 0.1) is 19.8 Å². The zero-order valence-electron chi connectivity index (χ0n) is 14.7. The molecule has 2 atom stereocenters. The second kappa shape index (κ2) is 7.44. The molecule has 0 aliphatic heterocycles. The number of hydrogen-bond acceptors (Lipinski definition) is 3. The van der Waals surface area contributed by atoms with E-state index >= 15 is 0 Å². The summed E-state index contributed by atoms with van der Waals surface area (Å²) in [5, 5.41) is 0. The van der Waals surface area contributed by atoms with Crippen molar-refractivity contribution in [1.82, 2.24) is 9.55 Å². The summed E-state index contributed by atoms with van der Waals surface area (Å²) in [7, 11) is 0. The Morgan fingerprint density at radius 3 is 2.74 bits per heavy atom. The van der Waals surface area contributed by atoms with Crippen molar-refractivity contribution in [3.05, 3.63) is 53.1 Å². The van der Waals surface area contributed by atoms with Crippen molar-refractivity contribution < 1.29 is 9.53 Å². The fourth-order valence-electron chi connectivity index (χ4n) is 2.57. The summed E-state index contributed by atoms with van der Waals surface area (Å²) in [5.74, 6) is 1.11. The van der Waals surface area contributed by atoms with E-state index in [-0.39, 0.29) is 12.0 Å². The van der Waals surface area contributed by atoms with Gasteiger partial charge in [-0.3, -0.25) is 0 Å². The number of ether oxygens (including phenoxy) is 1. The van der Waals surface area contributed by atoms with Gasteiger partial charge < -0.3 is 4.74 Å². The summed E-state index contributed by atoms with van der Waals surface area (Å²) in [5.41, 5.74) is 3.67. The van der Waals surface area contributed by atoms with Gasteiger partial charge in [-0.05, 0) is 36.5 Å². The van der Waals surface area contributed by atoms with Gasteiger partial charge >= 0.3 is 6.09 Å². The summed E-state index contributed by atoms with van der Waals surface area (Å²) < 4.78 is 6.93. The minimum Gasteiger partial charge on any atom is -0.449 e. The zero-order chi connectivity index (χ0) is 17.0.